The van der Waals surface area contributed by atoms with Gasteiger partial charge in [-0.25, -0.2) is 0 Å². The van der Waals surface area contributed by atoms with E-state index in [1.54, 1.807) is 0 Å². The zero-order valence-corrected chi connectivity index (χ0v) is 11.4. The predicted octanol–water partition coefficient (Wildman–Crippen LogP) is 2.28. The van der Waals surface area contributed by atoms with Crippen molar-refractivity contribution in [1.82, 2.24) is 5.32 Å². The topological polar surface area (TPSA) is 24.5 Å². The predicted molar refractivity (Wildman–Crippen MR) is 76.2 cm³/mol. The molecule has 2 atom stereocenters. The monoisotopic (exact) mass is 248 g/mol. The fraction of sp³-hybridized carbons (Fsp3) is 0.600. The molecule has 1 aliphatic rings. The summed E-state index contributed by atoms with van der Waals surface area (Å²) in [5.74, 6) is 0. The molecule has 3 nitrogen and oxygen atoms in total. The number of anilines is 1. The minimum Gasteiger partial charge on any atom is -0.377 e. The number of nitrogens with one attached hydrogen (secondary N) is 1. The summed E-state index contributed by atoms with van der Waals surface area (Å²) in [4.78, 5) is 2.30. The van der Waals surface area contributed by atoms with Crippen molar-refractivity contribution < 1.29 is 4.74 Å². The Bertz CT molecular complexity index is 342. The average Bonchev–Trinajstić information content (AvgIpc) is 2.81. The van der Waals surface area contributed by atoms with Gasteiger partial charge in [0.05, 0.1) is 6.10 Å². The van der Waals surface area contributed by atoms with Gasteiger partial charge >= 0.3 is 0 Å². The molecule has 100 valence electrons. The maximum absolute atomic E-state index is 5.54. The Morgan fingerprint density at radius 2 is 2.11 bits per heavy atom. The van der Waals surface area contributed by atoms with Gasteiger partial charge in [-0.15, -0.1) is 0 Å². The molecule has 1 aromatic carbocycles. The molecule has 0 saturated carbocycles. The Labute approximate surface area is 110 Å². The third-order valence-electron chi connectivity index (χ3n) is 3.65. The maximum Gasteiger partial charge on any atom is 0.0700 e. The highest BCUT2D eigenvalue weighted by molar-refractivity contribution is 5.44. The molecule has 0 aliphatic carbocycles. The van der Waals surface area contributed by atoms with Crippen molar-refractivity contribution in [2.75, 3.05) is 31.6 Å². The Morgan fingerprint density at radius 1 is 1.33 bits per heavy atom. The van der Waals surface area contributed by atoms with Gasteiger partial charge in [-0.2, -0.15) is 0 Å². The molecule has 0 spiro atoms. The minimum absolute atomic E-state index is 0.372. The van der Waals surface area contributed by atoms with Crippen molar-refractivity contribution >= 4 is 5.69 Å². The first-order valence-electron chi connectivity index (χ1n) is 6.88. The molecule has 0 amide bonds. The number of nitrogens with zero attached hydrogens (tertiary/aromatic N) is 1. The van der Waals surface area contributed by atoms with Gasteiger partial charge in [0.25, 0.3) is 0 Å². The Morgan fingerprint density at radius 3 is 2.78 bits per heavy atom. The molecule has 1 heterocycles. The normalized spacial score (nSPS) is 23.2. The smallest absolute Gasteiger partial charge is 0.0700 e. The fourth-order valence-electron chi connectivity index (χ4n) is 2.42. The summed E-state index contributed by atoms with van der Waals surface area (Å²) in [5, 5.41) is 3.59. The molecule has 1 saturated heterocycles. The highest BCUT2D eigenvalue weighted by atomic mass is 16.5. The van der Waals surface area contributed by atoms with Gasteiger partial charge < -0.3 is 15.0 Å². The van der Waals surface area contributed by atoms with Gasteiger partial charge in [0.1, 0.15) is 0 Å². The lowest BCUT2D eigenvalue weighted by Crippen LogP contribution is -2.36. The van der Waals surface area contributed by atoms with Crippen LogP contribution in [0.4, 0.5) is 5.69 Å². The molecule has 3 heteroatoms. The SMILES string of the molecule is CC1OCCC1NCCCN(C)c1ccccc1. The fourth-order valence-corrected chi connectivity index (χ4v) is 2.42. The van der Waals surface area contributed by atoms with E-state index in [9.17, 15) is 0 Å². The van der Waals surface area contributed by atoms with Gasteiger partial charge in [0.2, 0.25) is 0 Å². The van der Waals surface area contributed by atoms with Gasteiger partial charge in [-0.1, -0.05) is 18.2 Å². The van der Waals surface area contributed by atoms with Crippen LogP contribution in [0, 0.1) is 0 Å². The van der Waals surface area contributed by atoms with Crippen molar-refractivity contribution in [3.05, 3.63) is 30.3 Å². The second-order valence-electron chi connectivity index (χ2n) is 5.04. The summed E-state index contributed by atoms with van der Waals surface area (Å²) in [5.41, 5.74) is 1.29. The Kier molecular flexibility index (Phi) is 5.02. The van der Waals surface area contributed by atoms with E-state index < -0.39 is 0 Å². The number of para-hydroxylation sites is 1. The van der Waals surface area contributed by atoms with Crippen molar-refractivity contribution in [3.8, 4) is 0 Å². The van der Waals surface area contributed by atoms with Crippen molar-refractivity contribution in [3.63, 3.8) is 0 Å². The lowest BCUT2D eigenvalue weighted by atomic mass is 10.1. The third kappa shape index (κ3) is 3.72. The Hall–Kier alpha value is -1.06. The molecule has 18 heavy (non-hydrogen) atoms. The van der Waals surface area contributed by atoms with Crippen molar-refractivity contribution in [2.24, 2.45) is 0 Å². The zero-order chi connectivity index (χ0) is 12.8. The van der Waals surface area contributed by atoms with E-state index in [4.69, 9.17) is 4.74 Å². The number of ether oxygens (including phenoxy) is 1. The van der Waals surface area contributed by atoms with E-state index in [1.165, 1.54) is 5.69 Å². The highest BCUT2D eigenvalue weighted by Crippen LogP contribution is 2.13. The third-order valence-corrected chi connectivity index (χ3v) is 3.65. The van der Waals surface area contributed by atoms with Crippen molar-refractivity contribution in [2.45, 2.75) is 31.9 Å². The molecule has 1 N–H and O–H groups in total. The van der Waals surface area contributed by atoms with Crippen LogP contribution in [0.2, 0.25) is 0 Å². The van der Waals surface area contributed by atoms with E-state index in [1.807, 2.05) is 0 Å². The number of rotatable bonds is 6. The molecule has 0 aromatic heterocycles. The van der Waals surface area contributed by atoms with Gasteiger partial charge in [0.15, 0.2) is 0 Å². The molecule has 0 radical (unpaired) electrons. The lowest BCUT2D eigenvalue weighted by molar-refractivity contribution is 0.113. The summed E-state index contributed by atoms with van der Waals surface area (Å²) in [7, 11) is 2.15. The van der Waals surface area contributed by atoms with Crippen LogP contribution in [0.1, 0.15) is 19.8 Å². The average molecular weight is 248 g/mol. The molecule has 1 aliphatic heterocycles. The lowest BCUT2D eigenvalue weighted by Gasteiger charge is -2.20. The molecular weight excluding hydrogens is 224 g/mol. The molecule has 1 fully saturated rings. The largest absolute Gasteiger partial charge is 0.377 e. The van der Waals surface area contributed by atoms with Gasteiger partial charge in [0, 0.05) is 31.9 Å². The van der Waals surface area contributed by atoms with E-state index in [2.05, 4.69) is 54.5 Å². The molecular formula is C15H24N2O. The standard InChI is InChI=1S/C15H24N2O/c1-13-15(9-12-18-13)16-10-6-11-17(2)14-7-4-3-5-8-14/h3-5,7-8,13,15-16H,6,9-12H2,1-2H3. The highest BCUT2D eigenvalue weighted by Gasteiger charge is 2.22. The zero-order valence-electron chi connectivity index (χ0n) is 11.4. The van der Waals surface area contributed by atoms with Crippen LogP contribution in [0.5, 0.6) is 0 Å². The van der Waals surface area contributed by atoms with Crippen LogP contribution in [0.3, 0.4) is 0 Å². The van der Waals surface area contributed by atoms with Crippen LogP contribution in [0.15, 0.2) is 30.3 Å². The summed E-state index contributed by atoms with van der Waals surface area (Å²) in [6.45, 7) is 5.21. The first kappa shape index (κ1) is 13.4. The van der Waals surface area contributed by atoms with E-state index in [0.29, 0.717) is 12.1 Å². The van der Waals surface area contributed by atoms with Crippen LogP contribution < -0.4 is 10.2 Å². The number of hydrogen-bond donors (Lipinski definition) is 1. The Balaban J connectivity index is 1.63. The van der Waals surface area contributed by atoms with Crippen LogP contribution in [-0.4, -0.2) is 38.9 Å². The van der Waals surface area contributed by atoms with Crippen LogP contribution in [-0.2, 0) is 4.74 Å². The molecule has 1 aromatic rings. The minimum atomic E-state index is 0.372. The number of hydrogen-bond acceptors (Lipinski definition) is 3. The number of benzene rings is 1. The van der Waals surface area contributed by atoms with Crippen LogP contribution in [0.25, 0.3) is 0 Å². The molecule has 0 bridgehead atoms. The van der Waals surface area contributed by atoms with E-state index in [0.717, 1.165) is 32.5 Å². The quantitative estimate of drug-likeness (QED) is 0.782. The molecule has 2 unspecified atom stereocenters. The second kappa shape index (κ2) is 6.76. The van der Waals surface area contributed by atoms with E-state index in [-0.39, 0.29) is 0 Å². The van der Waals surface area contributed by atoms with Gasteiger partial charge in [-0.3, -0.25) is 0 Å². The van der Waals surface area contributed by atoms with Gasteiger partial charge in [-0.05, 0) is 38.4 Å². The van der Waals surface area contributed by atoms with Crippen molar-refractivity contribution in [1.29, 1.82) is 0 Å². The summed E-state index contributed by atoms with van der Waals surface area (Å²) in [6.07, 6.45) is 2.68. The summed E-state index contributed by atoms with van der Waals surface area (Å²) in [6, 6.07) is 11.1. The summed E-state index contributed by atoms with van der Waals surface area (Å²) >= 11 is 0. The summed E-state index contributed by atoms with van der Waals surface area (Å²) < 4.78 is 5.54. The van der Waals surface area contributed by atoms with Crippen LogP contribution >= 0.6 is 0 Å². The first-order valence-corrected chi connectivity index (χ1v) is 6.88. The van der Waals surface area contributed by atoms with E-state index >= 15 is 0 Å². The first-order chi connectivity index (χ1) is 8.77. The maximum atomic E-state index is 5.54. The molecule has 2 rings (SSSR count). The second-order valence-corrected chi connectivity index (χ2v) is 5.04.